The Kier molecular flexibility index (Phi) is 5.73. The lowest BCUT2D eigenvalue weighted by atomic mass is 10.2. The second kappa shape index (κ2) is 8.18. The molecule has 4 nitrogen and oxygen atoms in total. The molecule has 0 aromatic heterocycles. The summed E-state index contributed by atoms with van der Waals surface area (Å²) in [6.45, 7) is 4.08. The van der Waals surface area contributed by atoms with Gasteiger partial charge in [0.25, 0.3) is 5.91 Å². The summed E-state index contributed by atoms with van der Waals surface area (Å²) in [5, 5.41) is 3.36. The van der Waals surface area contributed by atoms with E-state index < -0.39 is 0 Å². The third-order valence-electron chi connectivity index (χ3n) is 3.25. The zero-order chi connectivity index (χ0) is 17.6. The van der Waals surface area contributed by atoms with Crippen LogP contribution in [0.4, 0.5) is 5.69 Å². The van der Waals surface area contributed by atoms with Gasteiger partial charge in [0.1, 0.15) is 12.4 Å². The molecule has 0 unspecified atom stereocenters. The average molecular weight is 415 g/mol. The molecule has 1 heterocycles. The van der Waals surface area contributed by atoms with Crippen molar-refractivity contribution < 1.29 is 9.53 Å². The van der Waals surface area contributed by atoms with Crippen molar-refractivity contribution in [3.8, 4) is 5.75 Å². The molecule has 2 aromatic carbocycles. The van der Waals surface area contributed by atoms with Crippen LogP contribution in [-0.4, -0.2) is 17.7 Å². The lowest BCUT2D eigenvalue weighted by Crippen LogP contribution is -2.19. The van der Waals surface area contributed by atoms with Crippen LogP contribution < -0.4 is 10.1 Å². The van der Waals surface area contributed by atoms with Gasteiger partial charge in [-0.2, -0.15) is 0 Å². The van der Waals surface area contributed by atoms with E-state index in [0.717, 1.165) is 21.5 Å². The topological polar surface area (TPSA) is 50.7 Å². The molecule has 1 aliphatic heterocycles. The minimum absolute atomic E-state index is 0.146. The number of amidine groups is 1. The number of ether oxygens (including phenoxy) is 1. The average Bonchev–Trinajstić information content (AvgIpc) is 2.95. The lowest BCUT2D eigenvalue weighted by molar-refractivity contribution is -0.115. The summed E-state index contributed by atoms with van der Waals surface area (Å²) in [6.07, 6.45) is 3.53. The van der Waals surface area contributed by atoms with Crippen molar-refractivity contribution in [3.63, 3.8) is 0 Å². The number of aliphatic imine (C=N–C) groups is 1. The molecule has 1 aliphatic rings. The van der Waals surface area contributed by atoms with Crippen LogP contribution in [0.25, 0.3) is 6.08 Å². The second-order valence-electron chi connectivity index (χ2n) is 5.13. The van der Waals surface area contributed by atoms with Gasteiger partial charge in [0.2, 0.25) is 0 Å². The largest absolute Gasteiger partial charge is 0.490 e. The van der Waals surface area contributed by atoms with Crippen LogP contribution in [0.5, 0.6) is 5.75 Å². The van der Waals surface area contributed by atoms with E-state index in [9.17, 15) is 4.79 Å². The van der Waals surface area contributed by atoms with Gasteiger partial charge in [0.05, 0.1) is 10.6 Å². The molecule has 0 bridgehead atoms. The minimum atomic E-state index is -0.146. The van der Waals surface area contributed by atoms with Gasteiger partial charge in [0.15, 0.2) is 5.17 Å². The number of thioether (sulfide) groups is 1. The van der Waals surface area contributed by atoms with Crippen molar-refractivity contribution in [2.75, 3.05) is 6.61 Å². The number of carbonyl (C=O) groups is 1. The molecule has 126 valence electrons. The number of nitrogens with zero attached hydrogens (tertiary/aromatic N) is 1. The molecule has 0 aliphatic carbocycles. The Balaban J connectivity index is 1.72. The Morgan fingerprint density at radius 2 is 1.88 bits per heavy atom. The fraction of sp³-hybridized carbons (Fsp3) is 0.0526. The Bertz CT molecular complexity index is 843. The number of hydrogen-bond donors (Lipinski definition) is 1. The van der Waals surface area contributed by atoms with E-state index in [-0.39, 0.29) is 5.91 Å². The minimum Gasteiger partial charge on any atom is -0.490 e. The van der Waals surface area contributed by atoms with Crippen LogP contribution in [-0.2, 0) is 4.79 Å². The molecular formula is C19H15BrN2O2S. The molecular weight excluding hydrogens is 400 g/mol. The van der Waals surface area contributed by atoms with E-state index in [0.29, 0.717) is 16.7 Å². The number of halogens is 1. The van der Waals surface area contributed by atoms with Gasteiger partial charge in [-0.1, -0.05) is 40.7 Å². The highest BCUT2D eigenvalue weighted by Gasteiger charge is 2.23. The summed E-state index contributed by atoms with van der Waals surface area (Å²) in [5.41, 5.74) is 1.71. The van der Waals surface area contributed by atoms with Gasteiger partial charge in [-0.05, 0) is 59.8 Å². The van der Waals surface area contributed by atoms with Crippen molar-refractivity contribution in [1.29, 1.82) is 0 Å². The Labute approximate surface area is 158 Å². The number of hydrogen-bond acceptors (Lipinski definition) is 4. The Morgan fingerprint density at radius 3 is 2.56 bits per heavy atom. The SMILES string of the molecule is C=CCOc1ccc(/C=C2\SC(=Nc3ccc(Br)cc3)NC2=O)cc1. The van der Waals surface area contributed by atoms with Gasteiger partial charge in [0, 0.05) is 4.47 Å². The molecule has 2 aromatic rings. The maximum Gasteiger partial charge on any atom is 0.264 e. The van der Waals surface area contributed by atoms with Gasteiger partial charge in [-0.3, -0.25) is 4.79 Å². The lowest BCUT2D eigenvalue weighted by Gasteiger charge is -2.03. The summed E-state index contributed by atoms with van der Waals surface area (Å²) >= 11 is 4.71. The van der Waals surface area contributed by atoms with Crippen LogP contribution in [0.3, 0.4) is 0 Å². The molecule has 0 saturated carbocycles. The molecule has 6 heteroatoms. The fourth-order valence-electron chi connectivity index (χ4n) is 2.08. The van der Waals surface area contributed by atoms with Gasteiger partial charge < -0.3 is 10.1 Å². The first-order valence-corrected chi connectivity index (χ1v) is 9.14. The van der Waals surface area contributed by atoms with E-state index >= 15 is 0 Å². The van der Waals surface area contributed by atoms with Crippen LogP contribution in [0.2, 0.25) is 0 Å². The van der Waals surface area contributed by atoms with Crippen molar-refractivity contribution >= 4 is 50.5 Å². The zero-order valence-corrected chi connectivity index (χ0v) is 15.6. The van der Waals surface area contributed by atoms with E-state index in [2.05, 4.69) is 32.8 Å². The fourth-order valence-corrected chi connectivity index (χ4v) is 3.19. The van der Waals surface area contributed by atoms with Gasteiger partial charge in [-0.15, -0.1) is 0 Å². The summed E-state index contributed by atoms with van der Waals surface area (Å²) in [4.78, 5) is 17.2. The molecule has 1 N–H and O–H groups in total. The van der Waals surface area contributed by atoms with Crippen molar-refractivity contribution in [2.24, 2.45) is 4.99 Å². The van der Waals surface area contributed by atoms with Crippen LogP contribution >= 0.6 is 27.7 Å². The molecule has 1 fully saturated rings. The third kappa shape index (κ3) is 4.84. The smallest absolute Gasteiger partial charge is 0.264 e. The molecule has 0 atom stereocenters. The summed E-state index contributed by atoms with van der Waals surface area (Å²) in [6, 6.07) is 15.1. The van der Waals surface area contributed by atoms with Gasteiger partial charge in [-0.25, -0.2) is 4.99 Å². The highest BCUT2D eigenvalue weighted by atomic mass is 79.9. The summed E-state index contributed by atoms with van der Waals surface area (Å²) in [5.74, 6) is 0.621. The zero-order valence-electron chi connectivity index (χ0n) is 13.2. The number of carbonyl (C=O) groups excluding carboxylic acids is 1. The Morgan fingerprint density at radius 1 is 1.16 bits per heavy atom. The Hall–Kier alpha value is -2.31. The maximum absolute atomic E-state index is 12.1. The number of amides is 1. The van der Waals surface area contributed by atoms with E-state index in [1.54, 1.807) is 6.08 Å². The van der Waals surface area contributed by atoms with E-state index in [4.69, 9.17) is 4.74 Å². The molecule has 1 amide bonds. The van der Waals surface area contributed by atoms with Crippen LogP contribution in [0.15, 0.2) is 75.6 Å². The van der Waals surface area contributed by atoms with Crippen LogP contribution in [0, 0.1) is 0 Å². The first kappa shape index (κ1) is 17.5. The molecule has 1 saturated heterocycles. The number of nitrogens with one attached hydrogen (secondary N) is 1. The number of benzene rings is 2. The van der Waals surface area contributed by atoms with E-state index in [1.165, 1.54) is 11.8 Å². The third-order valence-corrected chi connectivity index (χ3v) is 4.69. The molecule has 0 spiro atoms. The highest BCUT2D eigenvalue weighted by molar-refractivity contribution is 9.10. The summed E-state index contributed by atoms with van der Waals surface area (Å²) < 4.78 is 6.43. The quantitative estimate of drug-likeness (QED) is 0.558. The first-order chi connectivity index (χ1) is 12.1. The normalized spacial score (nSPS) is 16.9. The van der Waals surface area contributed by atoms with Crippen molar-refractivity contribution in [2.45, 2.75) is 0 Å². The molecule has 3 rings (SSSR count). The number of rotatable bonds is 5. The molecule has 25 heavy (non-hydrogen) atoms. The van der Waals surface area contributed by atoms with Crippen molar-refractivity contribution in [3.05, 3.63) is 76.1 Å². The first-order valence-electron chi connectivity index (χ1n) is 7.53. The molecule has 0 radical (unpaired) electrons. The highest BCUT2D eigenvalue weighted by Crippen LogP contribution is 2.28. The van der Waals surface area contributed by atoms with Gasteiger partial charge >= 0.3 is 0 Å². The predicted molar refractivity (Wildman–Crippen MR) is 107 cm³/mol. The second-order valence-corrected chi connectivity index (χ2v) is 7.07. The maximum atomic E-state index is 12.1. The van der Waals surface area contributed by atoms with Crippen molar-refractivity contribution in [1.82, 2.24) is 5.32 Å². The van der Waals surface area contributed by atoms with E-state index in [1.807, 2.05) is 54.6 Å². The monoisotopic (exact) mass is 414 g/mol. The van der Waals surface area contributed by atoms with Crippen LogP contribution in [0.1, 0.15) is 5.56 Å². The standard InChI is InChI=1S/C19H15BrN2O2S/c1-2-11-24-16-9-3-13(4-10-16)12-17-18(23)22-19(25-17)21-15-7-5-14(20)6-8-15/h2-10,12H,1,11H2,(H,21,22,23)/b17-12-. The predicted octanol–water partition coefficient (Wildman–Crippen LogP) is 4.91. The summed E-state index contributed by atoms with van der Waals surface area (Å²) in [7, 11) is 0.